The number of hydrogen-bond donors (Lipinski definition) is 0. The van der Waals surface area contributed by atoms with Crippen molar-refractivity contribution in [1.29, 1.82) is 5.26 Å². The van der Waals surface area contributed by atoms with Gasteiger partial charge in [-0.05, 0) is 36.4 Å². The summed E-state index contributed by atoms with van der Waals surface area (Å²) >= 11 is 0. The summed E-state index contributed by atoms with van der Waals surface area (Å²) in [5.41, 5.74) is 4.11. The fraction of sp³-hybridized carbons (Fsp3) is 0. The Labute approximate surface area is 137 Å². The predicted molar refractivity (Wildman–Crippen MR) is 89.0 cm³/mol. The molecule has 5 heteroatoms. The molecule has 0 bridgehead atoms. The van der Waals surface area contributed by atoms with Gasteiger partial charge in [0.15, 0.2) is 0 Å². The number of benzene rings is 2. The van der Waals surface area contributed by atoms with Crippen molar-refractivity contribution in [2.24, 2.45) is 0 Å². The Kier molecular flexibility index (Phi) is 3.29. The maximum absolute atomic E-state index is 13.2. The molecular weight excluding hydrogens is 303 g/mol. The molecule has 2 heterocycles. The highest BCUT2D eigenvalue weighted by atomic mass is 19.1. The van der Waals surface area contributed by atoms with E-state index in [1.807, 2.05) is 34.9 Å². The van der Waals surface area contributed by atoms with E-state index in [0.29, 0.717) is 16.8 Å². The van der Waals surface area contributed by atoms with Crippen LogP contribution >= 0.6 is 0 Å². The highest BCUT2D eigenvalue weighted by Gasteiger charge is 2.16. The molecule has 0 atom stereocenters. The van der Waals surface area contributed by atoms with E-state index in [0.717, 1.165) is 16.8 Å². The van der Waals surface area contributed by atoms with E-state index in [-0.39, 0.29) is 5.82 Å². The normalized spacial score (nSPS) is 10.7. The number of fused-ring (bicyclic) bond motifs is 1. The Morgan fingerprint density at radius 1 is 0.958 bits per heavy atom. The van der Waals surface area contributed by atoms with Crippen molar-refractivity contribution in [3.63, 3.8) is 0 Å². The number of halogens is 1. The van der Waals surface area contributed by atoms with Gasteiger partial charge in [0.05, 0.1) is 16.8 Å². The predicted octanol–water partition coefficient (Wildman–Crippen LogP) is 4.10. The number of nitriles is 1. The molecule has 0 aliphatic rings. The second-order valence-corrected chi connectivity index (χ2v) is 5.29. The van der Waals surface area contributed by atoms with E-state index in [4.69, 9.17) is 0 Å². The van der Waals surface area contributed by atoms with Gasteiger partial charge in [0.2, 0.25) is 0 Å². The molecule has 0 saturated heterocycles. The zero-order chi connectivity index (χ0) is 16.5. The lowest BCUT2D eigenvalue weighted by Crippen LogP contribution is -1.96. The topological polar surface area (TPSA) is 54.5 Å². The van der Waals surface area contributed by atoms with Crippen molar-refractivity contribution >= 4 is 11.0 Å². The summed E-state index contributed by atoms with van der Waals surface area (Å²) in [6.07, 6.45) is 3.18. The van der Waals surface area contributed by atoms with E-state index in [1.54, 1.807) is 18.3 Å². The van der Waals surface area contributed by atoms with Crippen molar-refractivity contribution in [1.82, 2.24) is 14.5 Å². The van der Waals surface area contributed by atoms with Crippen LogP contribution in [0.4, 0.5) is 4.39 Å². The summed E-state index contributed by atoms with van der Waals surface area (Å²) < 4.78 is 15.1. The van der Waals surface area contributed by atoms with E-state index in [9.17, 15) is 9.65 Å². The molecule has 0 aliphatic heterocycles. The van der Waals surface area contributed by atoms with E-state index < -0.39 is 0 Å². The second-order valence-electron chi connectivity index (χ2n) is 5.29. The molecule has 2 aromatic carbocycles. The molecule has 24 heavy (non-hydrogen) atoms. The largest absolute Gasteiger partial charge is 0.312 e. The lowest BCUT2D eigenvalue weighted by molar-refractivity contribution is 0.628. The second kappa shape index (κ2) is 5.60. The van der Waals surface area contributed by atoms with Crippen molar-refractivity contribution < 1.29 is 4.39 Å². The van der Waals surface area contributed by atoms with Gasteiger partial charge in [0.1, 0.15) is 23.7 Å². The summed E-state index contributed by atoms with van der Waals surface area (Å²) in [6, 6.07) is 18.0. The van der Waals surface area contributed by atoms with E-state index in [2.05, 4.69) is 16.0 Å². The summed E-state index contributed by atoms with van der Waals surface area (Å²) in [4.78, 5) is 8.65. The van der Waals surface area contributed by atoms with E-state index in [1.165, 1.54) is 18.5 Å². The van der Waals surface area contributed by atoms with Crippen molar-refractivity contribution in [3.8, 4) is 23.0 Å². The average molecular weight is 314 g/mol. The first-order valence-corrected chi connectivity index (χ1v) is 7.35. The maximum atomic E-state index is 13.2. The summed E-state index contributed by atoms with van der Waals surface area (Å²) in [6.45, 7) is 0. The molecule has 0 unspecified atom stereocenters. The smallest absolute Gasteiger partial charge is 0.123 e. The fourth-order valence-corrected chi connectivity index (χ4v) is 2.75. The number of rotatable bonds is 2. The van der Waals surface area contributed by atoms with Gasteiger partial charge in [-0.3, -0.25) is 0 Å². The molecule has 0 radical (unpaired) electrons. The van der Waals surface area contributed by atoms with Crippen LogP contribution in [0.1, 0.15) is 5.56 Å². The van der Waals surface area contributed by atoms with Crippen LogP contribution in [-0.2, 0) is 0 Å². The Morgan fingerprint density at radius 2 is 1.71 bits per heavy atom. The molecule has 0 spiro atoms. The van der Waals surface area contributed by atoms with Crippen LogP contribution in [0.2, 0.25) is 0 Å². The summed E-state index contributed by atoms with van der Waals surface area (Å²) in [5, 5.41) is 9.42. The van der Waals surface area contributed by atoms with Gasteiger partial charge < -0.3 is 4.57 Å². The quantitative estimate of drug-likeness (QED) is 0.560. The van der Waals surface area contributed by atoms with Crippen molar-refractivity contribution in [3.05, 3.63) is 78.5 Å². The third-order valence-corrected chi connectivity index (χ3v) is 3.85. The standard InChI is InChI=1S/C19H11FN4/c20-15-8-6-13(7-9-15)17-19-18(23-12-22-17)14(10-21)11-24(19)16-4-2-1-3-5-16/h1-9,11-12H. The highest BCUT2D eigenvalue weighted by Crippen LogP contribution is 2.30. The molecule has 0 N–H and O–H groups in total. The molecular formula is C19H11FN4. The molecule has 0 saturated carbocycles. The first kappa shape index (κ1) is 14.1. The van der Waals surface area contributed by atoms with Crippen molar-refractivity contribution in [2.75, 3.05) is 0 Å². The first-order chi connectivity index (χ1) is 11.8. The van der Waals surface area contributed by atoms with Crippen LogP contribution in [0.25, 0.3) is 28.0 Å². The van der Waals surface area contributed by atoms with Gasteiger partial charge in [0.25, 0.3) is 0 Å². The Hall–Kier alpha value is -3.52. The third-order valence-electron chi connectivity index (χ3n) is 3.85. The molecule has 0 aliphatic carbocycles. The molecule has 0 amide bonds. The van der Waals surface area contributed by atoms with Crippen LogP contribution in [0.5, 0.6) is 0 Å². The van der Waals surface area contributed by atoms with Crippen LogP contribution in [-0.4, -0.2) is 14.5 Å². The van der Waals surface area contributed by atoms with Gasteiger partial charge in [-0.25, -0.2) is 14.4 Å². The SMILES string of the molecule is N#Cc1cn(-c2ccccc2)c2c(-c3ccc(F)cc3)ncnc12. The van der Waals surface area contributed by atoms with Gasteiger partial charge in [-0.1, -0.05) is 18.2 Å². The maximum Gasteiger partial charge on any atom is 0.123 e. The van der Waals surface area contributed by atoms with Crippen LogP contribution in [0.15, 0.2) is 67.1 Å². The molecule has 4 aromatic rings. The fourth-order valence-electron chi connectivity index (χ4n) is 2.75. The Morgan fingerprint density at radius 3 is 2.42 bits per heavy atom. The lowest BCUT2D eigenvalue weighted by Gasteiger charge is -2.08. The van der Waals surface area contributed by atoms with Crippen molar-refractivity contribution in [2.45, 2.75) is 0 Å². The molecule has 2 aromatic heterocycles. The zero-order valence-corrected chi connectivity index (χ0v) is 12.5. The van der Waals surface area contributed by atoms with Gasteiger partial charge >= 0.3 is 0 Å². The van der Waals surface area contributed by atoms with Crippen LogP contribution in [0.3, 0.4) is 0 Å². The van der Waals surface area contributed by atoms with Gasteiger partial charge in [-0.15, -0.1) is 0 Å². The van der Waals surface area contributed by atoms with Crippen LogP contribution in [0, 0.1) is 17.1 Å². The third kappa shape index (κ3) is 2.22. The number of hydrogen-bond acceptors (Lipinski definition) is 3. The number of para-hydroxylation sites is 1. The number of aromatic nitrogens is 3. The minimum Gasteiger partial charge on any atom is -0.312 e. The number of nitrogens with zero attached hydrogens (tertiary/aromatic N) is 4. The molecule has 4 nitrogen and oxygen atoms in total. The monoisotopic (exact) mass is 314 g/mol. The lowest BCUT2D eigenvalue weighted by atomic mass is 10.1. The Bertz CT molecular complexity index is 1060. The minimum absolute atomic E-state index is 0.305. The summed E-state index contributed by atoms with van der Waals surface area (Å²) in [7, 11) is 0. The van der Waals surface area contributed by atoms with E-state index >= 15 is 0 Å². The average Bonchev–Trinajstić information content (AvgIpc) is 3.02. The first-order valence-electron chi connectivity index (χ1n) is 7.35. The zero-order valence-electron chi connectivity index (χ0n) is 12.5. The minimum atomic E-state index is -0.305. The Balaban J connectivity index is 2.07. The molecule has 0 fully saturated rings. The van der Waals surface area contributed by atoms with Gasteiger partial charge in [-0.2, -0.15) is 5.26 Å². The highest BCUT2D eigenvalue weighted by molar-refractivity contribution is 5.94. The summed E-state index contributed by atoms with van der Waals surface area (Å²) in [5.74, 6) is -0.305. The molecule has 4 rings (SSSR count). The van der Waals surface area contributed by atoms with Crippen LogP contribution < -0.4 is 0 Å². The molecule has 114 valence electrons. The van der Waals surface area contributed by atoms with Gasteiger partial charge in [0, 0.05) is 17.4 Å².